The minimum absolute atomic E-state index is 0.0229. The number of benzene rings is 1. The van der Waals surface area contributed by atoms with Crippen LogP contribution in [0.1, 0.15) is 24.3 Å². The summed E-state index contributed by atoms with van der Waals surface area (Å²) < 4.78 is 11.2. The van der Waals surface area contributed by atoms with Crippen LogP contribution in [0.2, 0.25) is 0 Å². The van der Waals surface area contributed by atoms with Gasteiger partial charge in [-0.25, -0.2) is 0 Å². The van der Waals surface area contributed by atoms with Crippen LogP contribution in [0.15, 0.2) is 18.2 Å². The van der Waals surface area contributed by atoms with Crippen LogP contribution in [0.5, 0.6) is 0 Å². The molecular weight excluding hydrogens is 257 g/mol. The first kappa shape index (κ1) is 13.1. The van der Waals surface area contributed by atoms with E-state index in [0.29, 0.717) is 5.69 Å². The Morgan fingerprint density at radius 3 is 2.56 bits per heavy atom. The van der Waals surface area contributed by atoms with Gasteiger partial charge in [0.05, 0.1) is 5.30 Å². The molecule has 7 heteroatoms. The van der Waals surface area contributed by atoms with Crippen LogP contribution in [-0.4, -0.2) is 27.4 Å². The van der Waals surface area contributed by atoms with Crippen molar-refractivity contribution in [1.82, 2.24) is 0 Å². The van der Waals surface area contributed by atoms with Crippen molar-refractivity contribution in [3.05, 3.63) is 23.8 Å². The second-order valence-electron chi connectivity index (χ2n) is 4.34. The Kier molecular flexibility index (Phi) is 3.43. The maximum absolute atomic E-state index is 11.2. The van der Waals surface area contributed by atoms with Gasteiger partial charge in [-0.05, 0) is 42.5 Å². The summed E-state index contributed by atoms with van der Waals surface area (Å²) in [5.74, 6) is -0.705. The van der Waals surface area contributed by atoms with E-state index in [4.69, 9.17) is 14.9 Å². The molecule has 1 aliphatic carbocycles. The van der Waals surface area contributed by atoms with E-state index in [1.54, 1.807) is 0 Å². The third-order valence-corrected chi connectivity index (χ3v) is 3.77. The molecule has 18 heavy (non-hydrogen) atoms. The predicted molar refractivity (Wildman–Crippen MR) is 66.2 cm³/mol. The van der Waals surface area contributed by atoms with Gasteiger partial charge < -0.3 is 20.2 Å². The van der Waals surface area contributed by atoms with Gasteiger partial charge in [0.2, 0.25) is 0 Å². The largest absolute Gasteiger partial charge is 0.480 e. The number of carbonyl (C=O) groups is 1. The van der Waals surface area contributed by atoms with Crippen LogP contribution in [0, 0.1) is 0 Å². The topological polar surface area (TPSA) is 107 Å². The average molecular weight is 271 g/mol. The number of nitrogens with one attached hydrogen (secondary N) is 1. The Labute approximate surface area is 104 Å². The van der Waals surface area contributed by atoms with Crippen LogP contribution in [0.25, 0.3) is 0 Å². The van der Waals surface area contributed by atoms with E-state index in [9.17, 15) is 9.36 Å². The third-order valence-electron chi connectivity index (χ3n) is 2.82. The molecule has 98 valence electrons. The molecule has 0 saturated heterocycles. The van der Waals surface area contributed by atoms with Gasteiger partial charge >= 0.3 is 13.6 Å². The molecule has 1 aromatic carbocycles. The first-order valence-electron chi connectivity index (χ1n) is 5.53. The van der Waals surface area contributed by atoms with Crippen LogP contribution in [0.4, 0.5) is 5.69 Å². The van der Waals surface area contributed by atoms with Gasteiger partial charge in [0.25, 0.3) is 0 Å². The minimum atomic E-state index is -4.26. The average Bonchev–Trinajstić information content (AvgIpc) is 3.08. The molecule has 6 nitrogen and oxygen atoms in total. The summed E-state index contributed by atoms with van der Waals surface area (Å²) in [5.41, 5.74) is 1.43. The molecular formula is C11H14NO5P. The normalized spacial score (nSPS) is 15.4. The molecule has 0 radical (unpaired) electrons. The lowest BCUT2D eigenvalue weighted by atomic mass is 10.1. The quantitative estimate of drug-likeness (QED) is 0.592. The van der Waals surface area contributed by atoms with Crippen molar-refractivity contribution in [2.24, 2.45) is 0 Å². The van der Waals surface area contributed by atoms with E-state index in [-0.39, 0.29) is 17.8 Å². The Bertz CT molecular complexity index is 520. The van der Waals surface area contributed by atoms with Crippen LogP contribution < -0.4 is 10.6 Å². The lowest BCUT2D eigenvalue weighted by Crippen LogP contribution is -2.15. The van der Waals surface area contributed by atoms with Crippen LogP contribution >= 0.6 is 7.60 Å². The van der Waals surface area contributed by atoms with Gasteiger partial charge in [0.1, 0.15) is 6.54 Å². The zero-order valence-corrected chi connectivity index (χ0v) is 10.4. The molecule has 0 bridgehead atoms. The summed E-state index contributed by atoms with van der Waals surface area (Å²) >= 11 is 0. The fourth-order valence-electron chi connectivity index (χ4n) is 1.80. The van der Waals surface area contributed by atoms with Gasteiger partial charge in [-0.1, -0.05) is 0 Å². The molecule has 1 aliphatic rings. The monoisotopic (exact) mass is 271 g/mol. The van der Waals surface area contributed by atoms with E-state index in [1.165, 1.54) is 18.2 Å². The van der Waals surface area contributed by atoms with E-state index in [2.05, 4.69) is 5.32 Å². The second-order valence-corrected chi connectivity index (χ2v) is 5.94. The molecule has 0 amide bonds. The Morgan fingerprint density at radius 2 is 2.06 bits per heavy atom. The molecule has 0 aliphatic heterocycles. The van der Waals surface area contributed by atoms with Crippen molar-refractivity contribution < 1.29 is 24.3 Å². The highest BCUT2D eigenvalue weighted by molar-refractivity contribution is 7.60. The third kappa shape index (κ3) is 3.10. The molecule has 1 saturated carbocycles. The lowest BCUT2D eigenvalue weighted by Gasteiger charge is -2.13. The molecule has 1 aromatic rings. The summed E-state index contributed by atoms with van der Waals surface area (Å²) in [4.78, 5) is 28.8. The van der Waals surface area contributed by atoms with Gasteiger partial charge in [0, 0.05) is 5.69 Å². The number of rotatable bonds is 5. The summed E-state index contributed by atoms with van der Waals surface area (Å²) in [6, 6.07) is 4.34. The highest BCUT2D eigenvalue weighted by Gasteiger charge is 2.28. The zero-order chi connectivity index (χ0) is 13.3. The van der Waals surface area contributed by atoms with E-state index < -0.39 is 13.6 Å². The van der Waals surface area contributed by atoms with E-state index in [0.717, 1.165) is 18.4 Å². The Hall–Kier alpha value is -1.36. The number of hydrogen-bond donors (Lipinski definition) is 4. The molecule has 1 fully saturated rings. The molecule has 0 heterocycles. The maximum atomic E-state index is 11.2. The van der Waals surface area contributed by atoms with Gasteiger partial charge in [-0.15, -0.1) is 0 Å². The Morgan fingerprint density at radius 1 is 1.39 bits per heavy atom. The van der Waals surface area contributed by atoms with Gasteiger partial charge in [-0.3, -0.25) is 9.36 Å². The first-order chi connectivity index (χ1) is 8.38. The van der Waals surface area contributed by atoms with Crippen molar-refractivity contribution in [1.29, 1.82) is 0 Å². The number of carboxylic acids is 1. The van der Waals surface area contributed by atoms with Crippen molar-refractivity contribution in [3.63, 3.8) is 0 Å². The number of carboxylic acid groups (broad SMARTS) is 1. The van der Waals surface area contributed by atoms with Crippen LogP contribution in [-0.2, 0) is 9.36 Å². The highest BCUT2D eigenvalue weighted by Crippen LogP contribution is 2.44. The van der Waals surface area contributed by atoms with Crippen LogP contribution in [0.3, 0.4) is 0 Å². The molecule has 0 aromatic heterocycles. The summed E-state index contributed by atoms with van der Waals surface area (Å²) in [6.07, 6.45) is 1.93. The standard InChI is InChI=1S/C11H14NO5P/c13-11(14)6-12-10-4-3-8(18(15,16)17)5-9(10)7-1-2-7/h3-5,7,12H,1-2,6H2,(H,13,14)(H2,15,16,17). The van der Waals surface area contributed by atoms with Crippen molar-refractivity contribution in [3.8, 4) is 0 Å². The zero-order valence-electron chi connectivity index (χ0n) is 9.54. The second kappa shape index (κ2) is 4.72. The highest BCUT2D eigenvalue weighted by atomic mass is 31.2. The van der Waals surface area contributed by atoms with Crippen molar-refractivity contribution >= 4 is 24.6 Å². The van der Waals surface area contributed by atoms with E-state index in [1.807, 2.05) is 0 Å². The maximum Gasteiger partial charge on any atom is 0.356 e. The molecule has 2 rings (SSSR count). The summed E-state index contributed by atoms with van der Waals surface area (Å²) in [5, 5.41) is 11.4. The first-order valence-corrected chi connectivity index (χ1v) is 7.15. The van der Waals surface area contributed by atoms with Crippen molar-refractivity contribution in [2.45, 2.75) is 18.8 Å². The number of aliphatic carboxylic acids is 1. The van der Waals surface area contributed by atoms with Gasteiger partial charge in [-0.2, -0.15) is 0 Å². The van der Waals surface area contributed by atoms with Gasteiger partial charge in [0.15, 0.2) is 0 Å². The number of anilines is 1. The predicted octanol–water partition coefficient (Wildman–Crippen LogP) is 0.864. The summed E-state index contributed by atoms with van der Waals surface area (Å²) in [6.45, 7) is -0.213. The fourth-order valence-corrected chi connectivity index (χ4v) is 2.37. The fraction of sp³-hybridized carbons (Fsp3) is 0.364. The molecule has 0 spiro atoms. The lowest BCUT2D eigenvalue weighted by molar-refractivity contribution is -0.134. The summed E-state index contributed by atoms with van der Waals surface area (Å²) in [7, 11) is -4.26. The minimum Gasteiger partial charge on any atom is -0.480 e. The molecule has 0 atom stereocenters. The smallest absolute Gasteiger partial charge is 0.356 e. The van der Waals surface area contributed by atoms with Crippen molar-refractivity contribution in [2.75, 3.05) is 11.9 Å². The molecule has 0 unspecified atom stereocenters. The molecule has 4 N–H and O–H groups in total. The SMILES string of the molecule is O=C(O)CNc1ccc(P(=O)(O)O)cc1C1CC1. The number of hydrogen-bond acceptors (Lipinski definition) is 3. The van der Waals surface area contributed by atoms with E-state index >= 15 is 0 Å². The Balaban J connectivity index is 2.30.